The monoisotopic (exact) mass is 343 g/mol. The van der Waals surface area contributed by atoms with Crippen LogP contribution in [0.4, 0.5) is 4.79 Å². The normalized spacial score (nSPS) is 11.0. The van der Waals surface area contributed by atoms with Crippen molar-refractivity contribution < 1.29 is 23.1 Å². The van der Waals surface area contributed by atoms with Crippen molar-refractivity contribution in [2.45, 2.75) is 18.2 Å². The zero-order chi connectivity index (χ0) is 17.5. The van der Waals surface area contributed by atoms with Crippen LogP contribution in [0.2, 0.25) is 0 Å². The Labute approximate surface area is 135 Å². The van der Waals surface area contributed by atoms with Gasteiger partial charge in [-0.2, -0.15) is 0 Å². The number of rotatable bonds is 8. The number of hydrogen-bond acceptors (Lipinski definition) is 4. The van der Waals surface area contributed by atoms with E-state index in [-0.39, 0.29) is 31.0 Å². The predicted octanol–water partition coefficient (Wildman–Crippen LogP) is 0.389. The summed E-state index contributed by atoms with van der Waals surface area (Å²) >= 11 is 0. The molecule has 23 heavy (non-hydrogen) atoms. The third kappa shape index (κ3) is 6.66. The van der Waals surface area contributed by atoms with Crippen molar-refractivity contribution in [2.75, 3.05) is 26.7 Å². The molecule has 0 bridgehead atoms. The lowest BCUT2D eigenvalue weighted by Gasteiger charge is -2.18. The molecule has 0 unspecified atom stereocenters. The zero-order valence-corrected chi connectivity index (χ0v) is 13.9. The summed E-state index contributed by atoms with van der Waals surface area (Å²) < 4.78 is 26.5. The third-order valence-electron chi connectivity index (χ3n) is 3.03. The molecule has 1 aromatic carbocycles. The molecule has 0 atom stereocenters. The number of hydrogen-bond donors (Lipinski definition) is 3. The topological polar surface area (TPSA) is 116 Å². The van der Waals surface area contributed by atoms with Gasteiger partial charge in [0.1, 0.15) is 0 Å². The van der Waals surface area contributed by atoms with E-state index in [0.29, 0.717) is 0 Å². The number of sulfonamides is 1. The van der Waals surface area contributed by atoms with Crippen LogP contribution in [0, 0.1) is 6.92 Å². The van der Waals surface area contributed by atoms with Gasteiger partial charge >= 0.3 is 12.0 Å². The van der Waals surface area contributed by atoms with Crippen LogP contribution in [0.1, 0.15) is 12.0 Å². The lowest BCUT2D eigenvalue weighted by molar-refractivity contribution is -0.136. The first-order valence-electron chi connectivity index (χ1n) is 6.99. The van der Waals surface area contributed by atoms with Gasteiger partial charge in [0.15, 0.2) is 0 Å². The van der Waals surface area contributed by atoms with E-state index in [2.05, 4.69) is 10.0 Å². The van der Waals surface area contributed by atoms with Crippen LogP contribution in [-0.4, -0.2) is 57.1 Å². The number of aryl methyl sites for hydroxylation is 1. The first-order valence-corrected chi connectivity index (χ1v) is 8.48. The minimum atomic E-state index is -3.61. The van der Waals surface area contributed by atoms with E-state index in [0.717, 1.165) is 5.56 Å². The highest BCUT2D eigenvalue weighted by Gasteiger charge is 2.14. The summed E-state index contributed by atoms with van der Waals surface area (Å²) in [6.07, 6.45) is -0.167. The Morgan fingerprint density at radius 1 is 1.17 bits per heavy atom. The maximum Gasteiger partial charge on any atom is 0.317 e. The standard InChI is InChI=1S/C14H21N3O5S/c1-11-3-5-12(6-4-11)23(21,22)16-9-10-17(2)14(20)15-8-7-13(18)19/h3-6,16H,7-10H2,1-2H3,(H,15,20)(H,18,19). The number of carboxylic acids is 1. The fourth-order valence-corrected chi connectivity index (χ4v) is 2.68. The van der Waals surface area contributed by atoms with Crippen molar-refractivity contribution in [3.63, 3.8) is 0 Å². The Morgan fingerprint density at radius 3 is 2.35 bits per heavy atom. The van der Waals surface area contributed by atoms with Crippen molar-refractivity contribution in [3.8, 4) is 0 Å². The van der Waals surface area contributed by atoms with Crippen molar-refractivity contribution in [1.29, 1.82) is 0 Å². The van der Waals surface area contributed by atoms with Gasteiger partial charge in [0.05, 0.1) is 11.3 Å². The molecule has 0 saturated heterocycles. The van der Waals surface area contributed by atoms with E-state index in [1.807, 2.05) is 6.92 Å². The van der Waals surface area contributed by atoms with Crippen LogP contribution >= 0.6 is 0 Å². The van der Waals surface area contributed by atoms with Crippen molar-refractivity contribution >= 4 is 22.0 Å². The van der Waals surface area contributed by atoms with Gasteiger partial charge in [0.25, 0.3) is 0 Å². The highest BCUT2D eigenvalue weighted by Crippen LogP contribution is 2.09. The lowest BCUT2D eigenvalue weighted by atomic mass is 10.2. The molecular weight excluding hydrogens is 322 g/mol. The van der Waals surface area contributed by atoms with Gasteiger partial charge in [-0.05, 0) is 19.1 Å². The van der Waals surface area contributed by atoms with Gasteiger partial charge in [-0.25, -0.2) is 17.9 Å². The van der Waals surface area contributed by atoms with Crippen LogP contribution in [0.5, 0.6) is 0 Å². The number of carboxylic acid groups (broad SMARTS) is 1. The average molecular weight is 343 g/mol. The number of nitrogens with zero attached hydrogens (tertiary/aromatic N) is 1. The number of amides is 2. The molecule has 8 nitrogen and oxygen atoms in total. The average Bonchev–Trinajstić information content (AvgIpc) is 2.46. The molecule has 0 aliphatic carbocycles. The molecule has 9 heteroatoms. The molecule has 0 aliphatic rings. The van der Waals surface area contributed by atoms with E-state index in [1.54, 1.807) is 12.1 Å². The van der Waals surface area contributed by atoms with E-state index in [9.17, 15) is 18.0 Å². The van der Waals surface area contributed by atoms with Crippen molar-refractivity contribution in [3.05, 3.63) is 29.8 Å². The number of carbonyl (C=O) groups is 2. The lowest BCUT2D eigenvalue weighted by Crippen LogP contribution is -2.42. The maximum absolute atomic E-state index is 12.0. The fourth-order valence-electron chi connectivity index (χ4n) is 1.66. The van der Waals surface area contributed by atoms with Crippen LogP contribution in [0.15, 0.2) is 29.2 Å². The van der Waals surface area contributed by atoms with Crippen LogP contribution in [0.25, 0.3) is 0 Å². The Morgan fingerprint density at radius 2 is 1.78 bits per heavy atom. The Hall–Kier alpha value is -2.13. The minimum absolute atomic E-state index is 0.0214. The number of likely N-dealkylation sites (N-methyl/N-ethyl adjacent to an activating group) is 1. The Kier molecular flexibility index (Phi) is 6.98. The number of benzene rings is 1. The van der Waals surface area contributed by atoms with E-state index in [4.69, 9.17) is 5.11 Å². The molecule has 1 aromatic rings. The van der Waals surface area contributed by atoms with Gasteiger partial charge in [0.2, 0.25) is 10.0 Å². The first kappa shape index (κ1) is 18.9. The van der Waals surface area contributed by atoms with E-state index < -0.39 is 22.0 Å². The molecule has 0 spiro atoms. The molecule has 0 saturated carbocycles. The van der Waals surface area contributed by atoms with Crippen molar-refractivity contribution in [1.82, 2.24) is 14.9 Å². The molecule has 128 valence electrons. The van der Waals surface area contributed by atoms with E-state index in [1.165, 1.54) is 24.1 Å². The summed E-state index contributed by atoms with van der Waals surface area (Å²) in [6.45, 7) is 2.10. The van der Waals surface area contributed by atoms with Gasteiger partial charge in [0, 0.05) is 26.7 Å². The molecule has 0 fully saturated rings. The highest BCUT2D eigenvalue weighted by atomic mass is 32.2. The summed E-state index contributed by atoms with van der Waals surface area (Å²) in [5, 5.41) is 10.9. The predicted molar refractivity (Wildman–Crippen MR) is 84.6 cm³/mol. The van der Waals surface area contributed by atoms with Crippen LogP contribution < -0.4 is 10.0 Å². The summed E-state index contributed by atoms with van der Waals surface area (Å²) in [4.78, 5) is 23.4. The third-order valence-corrected chi connectivity index (χ3v) is 4.51. The molecule has 0 aliphatic heterocycles. The van der Waals surface area contributed by atoms with Crippen LogP contribution in [0.3, 0.4) is 0 Å². The van der Waals surface area contributed by atoms with Gasteiger partial charge < -0.3 is 15.3 Å². The maximum atomic E-state index is 12.0. The zero-order valence-electron chi connectivity index (χ0n) is 13.1. The Balaban J connectivity index is 2.41. The van der Waals surface area contributed by atoms with E-state index >= 15 is 0 Å². The molecular formula is C14H21N3O5S. The fraction of sp³-hybridized carbons (Fsp3) is 0.429. The molecule has 0 aromatic heterocycles. The number of carbonyl (C=O) groups excluding carboxylic acids is 1. The summed E-state index contributed by atoms with van der Waals surface area (Å²) in [6, 6.07) is 5.98. The van der Waals surface area contributed by atoms with Gasteiger partial charge in [-0.15, -0.1) is 0 Å². The van der Waals surface area contributed by atoms with Crippen LogP contribution in [-0.2, 0) is 14.8 Å². The van der Waals surface area contributed by atoms with Gasteiger partial charge in [-0.1, -0.05) is 17.7 Å². The minimum Gasteiger partial charge on any atom is -0.481 e. The molecule has 3 N–H and O–H groups in total. The second-order valence-electron chi connectivity index (χ2n) is 5.01. The smallest absolute Gasteiger partial charge is 0.317 e. The number of urea groups is 1. The summed E-state index contributed by atoms with van der Waals surface area (Å²) in [5.41, 5.74) is 0.960. The van der Waals surface area contributed by atoms with Gasteiger partial charge in [-0.3, -0.25) is 4.79 Å². The molecule has 0 heterocycles. The highest BCUT2D eigenvalue weighted by molar-refractivity contribution is 7.89. The second-order valence-corrected chi connectivity index (χ2v) is 6.78. The molecule has 0 radical (unpaired) electrons. The summed E-state index contributed by atoms with van der Waals surface area (Å²) in [7, 11) is -2.12. The SMILES string of the molecule is Cc1ccc(S(=O)(=O)NCCN(C)C(=O)NCCC(=O)O)cc1. The summed E-state index contributed by atoms with van der Waals surface area (Å²) in [5.74, 6) is -1.00. The quantitative estimate of drug-likeness (QED) is 0.631. The number of nitrogens with one attached hydrogen (secondary N) is 2. The number of aliphatic carboxylic acids is 1. The molecule has 2 amide bonds. The largest absolute Gasteiger partial charge is 0.481 e. The van der Waals surface area contributed by atoms with Crippen molar-refractivity contribution in [2.24, 2.45) is 0 Å². The second kappa shape index (κ2) is 8.49. The Bertz CT molecular complexity index is 643. The molecule has 1 rings (SSSR count). The first-order chi connectivity index (χ1) is 10.7.